The third-order valence-corrected chi connectivity index (χ3v) is 8.19. The van der Waals surface area contributed by atoms with Crippen LogP contribution in [-0.2, 0) is 16.4 Å². The third-order valence-electron chi connectivity index (χ3n) is 5.59. The Morgan fingerprint density at radius 1 is 1.06 bits per heavy atom. The fourth-order valence-electron chi connectivity index (χ4n) is 4.01. The molecule has 2 aliphatic heterocycles. The van der Waals surface area contributed by atoms with Gasteiger partial charge in [-0.05, 0) is 47.2 Å². The fourth-order valence-corrected chi connectivity index (χ4v) is 6.08. The molecule has 9 heteroatoms. The minimum absolute atomic E-state index is 0.0330. The van der Waals surface area contributed by atoms with Gasteiger partial charge >= 0.3 is 6.03 Å². The molecule has 158 valence electrons. The fraction of sp³-hybridized carbons (Fsp3) is 0.182. The second kappa shape index (κ2) is 7.51. The molecule has 1 N–H and O–H groups in total. The molecule has 1 fully saturated rings. The van der Waals surface area contributed by atoms with Gasteiger partial charge in [0.1, 0.15) is 0 Å². The van der Waals surface area contributed by atoms with Crippen LogP contribution in [0.3, 0.4) is 0 Å². The number of sulfonamides is 1. The van der Waals surface area contributed by atoms with Gasteiger partial charge in [-0.25, -0.2) is 17.5 Å². The van der Waals surface area contributed by atoms with Crippen LogP contribution in [-0.4, -0.2) is 37.8 Å². The van der Waals surface area contributed by atoms with Crippen LogP contribution in [0.1, 0.15) is 26.8 Å². The summed E-state index contributed by atoms with van der Waals surface area (Å²) in [6, 6.07) is 16.6. The van der Waals surface area contributed by atoms with Gasteiger partial charge in [0.25, 0.3) is 15.9 Å². The van der Waals surface area contributed by atoms with Crippen LogP contribution in [0.4, 0.5) is 10.5 Å². The van der Waals surface area contributed by atoms with Crippen LogP contribution in [0.2, 0.25) is 0 Å². The van der Waals surface area contributed by atoms with E-state index in [0.717, 1.165) is 15.4 Å². The van der Waals surface area contributed by atoms with E-state index in [2.05, 4.69) is 5.32 Å². The second-order valence-electron chi connectivity index (χ2n) is 7.42. The summed E-state index contributed by atoms with van der Waals surface area (Å²) < 4.78 is 27.3. The van der Waals surface area contributed by atoms with Gasteiger partial charge < -0.3 is 10.2 Å². The first kappa shape index (κ1) is 19.8. The monoisotopic (exact) mass is 453 g/mol. The molecule has 1 atom stereocenters. The van der Waals surface area contributed by atoms with E-state index in [-0.39, 0.29) is 17.3 Å². The molecule has 7 nitrogen and oxygen atoms in total. The lowest BCUT2D eigenvalue weighted by molar-refractivity contribution is 0.0993. The molecule has 2 aliphatic rings. The Balaban J connectivity index is 1.41. The number of hydrogen-bond donors (Lipinski definition) is 1. The molecule has 0 saturated carbocycles. The Hall–Kier alpha value is -3.17. The first-order chi connectivity index (χ1) is 14.9. The number of nitrogens with one attached hydrogen (secondary N) is 1. The van der Waals surface area contributed by atoms with Crippen LogP contribution >= 0.6 is 11.3 Å². The molecule has 0 spiro atoms. The Morgan fingerprint density at radius 3 is 2.61 bits per heavy atom. The Labute approximate surface area is 184 Å². The van der Waals surface area contributed by atoms with Gasteiger partial charge in [0.15, 0.2) is 0 Å². The lowest BCUT2D eigenvalue weighted by Crippen LogP contribution is -2.34. The van der Waals surface area contributed by atoms with Gasteiger partial charge in [0, 0.05) is 12.2 Å². The van der Waals surface area contributed by atoms with Crippen molar-refractivity contribution in [1.29, 1.82) is 0 Å². The number of rotatable bonds is 4. The van der Waals surface area contributed by atoms with E-state index in [1.807, 2.05) is 41.8 Å². The lowest BCUT2D eigenvalue weighted by atomic mass is 10.1. The average Bonchev–Trinajstić information content (AvgIpc) is 3.53. The van der Waals surface area contributed by atoms with Crippen molar-refractivity contribution < 1.29 is 18.0 Å². The predicted molar refractivity (Wildman–Crippen MR) is 118 cm³/mol. The van der Waals surface area contributed by atoms with Gasteiger partial charge in [-0.15, -0.1) is 11.3 Å². The van der Waals surface area contributed by atoms with Crippen LogP contribution in [0, 0.1) is 0 Å². The van der Waals surface area contributed by atoms with Crippen molar-refractivity contribution in [3.63, 3.8) is 0 Å². The zero-order valence-corrected chi connectivity index (χ0v) is 18.0. The minimum atomic E-state index is -4.01. The number of urea groups is 1. The maximum Gasteiger partial charge on any atom is 0.331 e. The highest BCUT2D eigenvalue weighted by atomic mass is 32.2. The Kier molecular flexibility index (Phi) is 4.79. The van der Waals surface area contributed by atoms with E-state index in [1.54, 1.807) is 23.1 Å². The van der Waals surface area contributed by atoms with Crippen molar-refractivity contribution in [3.05, 3.63) is 82.0 Å². The van der Waals surface area contributed by atoms with Crippen LogP contribution < -0.4 is 10.2 Å². The van der Waals surface area contributed by atoms with Crippen molar-refractivity contribution in [2.75, 3.05) is 18.0 Å². The molecule has 1 saturated heterocycles. The standard InChI is InChI=1S/C22H19N3O4S2/c26-21(20-7-4-12-30-20)24-11-10-16-13-17(8-9-19(16)24)31(28,29)25-14-18(23-22(25)27)15-5-2-1-3-6-15/h1-9,12-13,18H,10-11,14H2,(H,23,27). The summed E-state index contributed by atoms with van der Waals surface area (Å²) in [7, 11) is -4.01. The maximum atomic E-state index is 13.2. The number of hydrogen-bond acceptors (Lipinski definition) is 5. The highest BCUT2D eigenvalue weighted by Gasteiger charge is 2.39. The predicted octanol–water partition coefficient (Wildman–Crippen LogP) is 3.41. The van der Waals surface area contributed by atoms with Gasteiger partial charge in [0.2, 0.25) is 0 Å². The summed E-state index contributed by atoms with van der Waals surface area (Å²) in [5, 5.41) is 4.59. The normalized spacial score (nSPS) is 18.2. The lowest BCUT2D eigenvalue weighted by Gasteiger charge is -2.18. The highest BCUT2D eigenvalue weighted by Crippen LogP contribution is 2.34. The van der Waals surface area contributed by atoms with Crippen LogP contribution in [0.25, 0.3) is 0 Å². The van der Waals surface area contributed by atoms with E-state index in [4.69, 9.17) is 0 Å². The molecule has 2 aromatic carbocycles. The van der Waals surface area contributed by atoms with E-state index in [0.29, 0.717) is 23.5 Å². The minimum Gasteiger partial charge on any atom is -0.328 e. The van der Waals surface area contributed by atoms with E-state index in [1.165, 1.54) is 17.4 Å². The van der Waals surface area contributed by atoms with Crippen LogP contribution in [0.15, 0.2) is 70.9 Å². The Morgan fingerprint density at radius 2 is 1.87 bits per heavy atom. The molecule has 5 rings (SSSR count). The molecule has 3 aromatic rings. The number of carbonyl (C=O) groups excluding carboxylic acids is 2. The van der Waals surface area contributed by atoms with E-state index < -0.39 is 22.1 Å². The molecule has 3 amide bonds. The van der Waals surface area contributed by atoms with Crippen molar-refractivity contribution >= 4 is 39.0 Å². The molecule has 3 heterocycles. The molecule has 1 unspecified atom stereocenters. The van der Waals surface area contributed by atoms with Crippen molar-refractivity contribution in [2.45, 2.75) is 17.4 Å². The molecule has 0 radical (unpaired) electrons. The van der Waals surface area contributed by atoms with Crippen LogP contribution in [0.5, 0.6) is 0 Å². The summed E-state index contributed by atoms with van der Waals surface area (Å²) >= 11 is 1.38. The highest BCUT2D eigenvalue weighted by molar-refractivity contribution is 7.89. The maximum absolute atomic E-state index is 13.2. The summed E-state index contributed by atoms with van der Waals surface area (Å²) in [4.78, 5) is 27.6. The van der Waals surface area contributed by atoms with E-state index in [9.17, 15) is 18.0 Å². The quantitative estimate of drug-likeness (QED) is 0.656. The summed E-state index contributed by atoms with van der Waals surface area (Å²) in [6.45, 7) is 0.529. The number of amides is 3. The largest absolute Gasteiger partial charge is 0.331 e. The van der Waals surface area contributed by atoms with Gasteiger partial charge in [-0.2, -0.15) is 0 Å². The SMILES string of the molecule is O=C(c1cccs1)N1CCc2cc(S(=O)(=O)N3CC(c4ccccc4)NC3=O)ccc21. The van der Waals surface area contributed by atoms with Gasteiger partial charge in [0.05, 0.1) is 22.4 Å². The average molecular weight is 454 g/mol. The molecule has 0 bridgehead atoms. The van der Waals surface area contributed by atoms with Gasteiger partial charge in [-0.1, -0.05) is 36.4 Å². The number of nitrogens with zero attached hydrogens (tertiary/aromatic N) is 2. The number of carbonyl (C=O) groups is 2. The first-order valence-corrected chi connectivity index (χ1v) is 12.1. The topological polar surface area (TPSA) is 86.8 Å². The summed E-state index contributed by atoms with van der Waals surface area (Å²) in [5.41, 5.74) is 2.35. The van der Waals surface area contributed by atoms with Crippen molar-refractivity contribution in [3.8, 4) is 0 Å². The smallest absolute Gasteiger partial charge is 0.328 e. The number of fused-ring (bicyclic) bond motifs is 1. The zero-order chi connectivity index (χ0) is 21.6. The molecule has 1 aromatic heterocycles. The number of anilines is 1. The van der Waals surface area contributed by atoms with E-state index >= 15 is 0 Å². The zero-order valence-electron chi connectivity index (χ0n) is 16.4. The molecule has 0 aliphatic carbocycles. The third kappa shape index (κ3) is 3.39. The second-order valence-corrected chi connectivity index (χ2v) is 10.2. The summed E-state index contributed by atoms with van der Waals surface area (Å²) in [6.07, 6.45) is 0.564. The summed E-state index contributed by atoms with van der Waals surface area (Å²) in [5.74, 6) is -0.0889. The Bertz CT molecular complexity index is 1260. The first-order valence-electron chi connectivity index (χ1n) is 9.81. The number of benzene rings is 2. The molecule has 31 heavy (non-hydrogen) atoms. The van der Waals surface area contributed by atoms with Crippen molar-refractivity contribution in [2.24, 2.45) is 0 Å². The molecular formula is C22H19N3O4S2. The number of thiophene rings is 1. The molecular weight excluding hydrogens is 434 g/mol. The van der Waals surface area contributed by atoms with Crippen molar-refractivity contribution in [1.82, 2.24) is 9.62 Å². The van der Waals surface area contributed by atoms with Gasteiger partial charge in [-0.3, -0.25) is 4.79 Å².